The van der Waals surface area contributed by atoms with Crippen molar-refractivity contribution < 1.29 is 24.9 Å². The van der Waals surface area contributed by atoms with E-state index in [0.29, 0.717) is 11.3 Å². The first-order valence-electron chi connectivity index (χ1n) is 6.56. The maximum absolute atomic E-state index is 12.2. The van der Waals surface area contributed by atoms with Crippen LogP contribution < -0.4 is 10.1 Å². The van der Waals surface area contributed by atoms with Gasteiger partial charge in [0.2, 0.25) is 0 Å². The molecule has 0 spiro atoms. The number of ether oxygens (including phenoxy) is 1. The number of hydrogen-bond donors (Lipinski definition) is 4. The smallest absolute Gasteiger partial charge is 0.255 e. The Morgan fingerprint density at radius 2 is 2.00 bits per heavy atom. The summed E-state index contributed by atoms with van der Waals surface area (Å²) >= 11 is 0. The maximum atomic E-state index is 12.2. The van der Waals surface area contributed by atoms with Gasteiger partial charge in [-0.05, 0) is 18.1 Å². The molecule has 1 heterocycles. The van der Waals surface area contributed by atoms with Gasteiger partial charge in [0.05, 0.1) is 24.8 Å². The average molecular weight is 279 g/mol. The highest BCUT2D eigenvalue weighted by molar-refractivity contribution is 6.00. The lowest BCUT2D eigenvalue weighted by atomic mass is 9.72. The van der Waals surface area contributed by atoms with Gasteiger partial charge in [0.25, 0.3) is 5.91 Å². The van der Waals surface area contributed by atoms with Crippen molar-refractivity contribution in [2.24, 2.45) is 0 Å². The zero-order valence-corrected chi connectivity index (χ0v) is 11.0. The second kappa shape index (κ2) is 4.73. The Bertz CT molecular complexity index is 546. The molecule has 2 aliphatic rings. The summed E-state index contributed by atoms with van der Waals surface area (Å²) in [4.78, 5) is 12.2. The van der Waals surface area contributed by atoms with Gasteiger partial charge in [-0.2, -0.15) is 0 Å². The Balaban J connectivity index is 2.09. The number of aliphatic hydroxyl groups excluding tert-OH is 3. The maximum Gasteiger partial charge on any atom is 0.255 e. The normalized spacial score (nSPS) is 35.8. The van der Waals surface area contributed by atoms with Gasteiger partial charge < -0.3 is 25.4 Å². The molecule has 0 radical (unpaired) electrons. The molecule has 0 saturated heterocycles. The second-order valence-electron chi connectivity index (χ2n) is 5.31. The number of carbonyl (C=O) groups is 1. The van der Waals surface area contributed by atoms with Crippen LogP contribution in [0.3, 0.4) is 0 Å². The summed E-state index contributed by atoms with van der Waals surface area (Å²) in [6.45, 7) is 0. The fourth-order valence-corrected chi connectivity index (χ4v) is 3.22. The average Bonchev–Trinajstić information content (AvgIpc) is 2.46. The van der Waals surface area contributed by atoms with Gasteiger partial charge in [0, 0.05) is 5.92 Å². The van der Waals surface area contributed by atoms with E-state index < -0.39 is 24.4 Å². The van der Waals surface area contributed by atoms with Crippen molar-refractivity contribution in [2.75, 3.05) is 7.11 Å². The predicted octanol–water partition coefficient (Wildman–Crippen LogP) is -0.623. The number of rotatable bonds is 1. The summed E-state index contributed by atoms with van der Waals surface area (Å²) in [5.41, 5.74) is 1.18. The lowest BCUT2D eigenvalue weighted by Gasteiger charge is -2.44. The zero-order valence-electron chi connectivity index (χ0n) is 11.0. The number of hydrogen-bond acceptors (Lipinski definition) is 5. The number of carbonyl (C=O) groups excluding carboxylic acids is 1. The van der Waals surface area contributed by atoms with Gasteiger partial charge in [-0.1, -0.05) is 12.1 Å². The van der Waals surface area contributed by atoms with E-state index in [0.717, 1.165) is 5.56 Å². The van der Waals surface area contributed by atoms with E-state index in [2.05, 4.69) is 5.32 Å². The molecule has 5 atom stereocenters. The van der Waals surface area contributed by atoms with Crippen LogP contribution in [0.5, 0.6) is 5.75 Å². The van der Waals surface area contributed by atoms with Crippen molar-refractivity contribution in [1.29, 1.82) is 0 Å². The zero-order chi connectivity index (χ0) is 14.4. The molecule has 4 N–H and O–H groups in total. The Labute approximate surface area is 116 Å². The van der Waals surface area contributed by atoms with E-state index >= 15 is 0 Å². The van der Waals surface area contributed by atoms with Gasteiger partial charge in [-0.3, -0.25) is 4.79 Å². The first-order chi connectivity index (χ1) is 9.54. The highest BCUT2D eigenvalue weighted by atomic mass is 16.5. The molecule has 1 saturated carbocycles. The molecule has 108 valence electrons. The standard InChI is InChI=1S/C14H17NO5/c1-20-9-4-2-3-6-7-5-8(16)12(17)13(18)11(7)15-14(19)10(6)9/h2-4,7-8,11-13,16-18H,5H2,1H3,(H,15,19)/t7-,8+,11-,12-,13+/m1/s1. The lowest BCUT2D eigenvalue weighted by Crippen LogP contribution is -2.61. The van der Waals surface area contributed by atoms with Crippen molar-refractivity contribution in [2.45, 2.75) is 36.7 Å². The number of benzene rings is 1. The quantitative estimate of drug-likeness (QED) is 0.549. The van der Waals surface area contributed by atoms with Crippen LogP contribution in [0, 0.1) is 0 Å². The fourth-order valence-electron chi connectivity index (χ4n) is 3.22. The Kier molecular flexibility index (Phi) is 3.16. The van der Waals surface area contributed by atoms with Gasteiger partial charge in [-0.25, -0.2) is 0 Å². The van der Waals surface area contributed by atoms with E-state index in [4.69, 9.17) is 4.74 Å². The van der Waals surface area contributed by atoms with Gasteiger partial charge in [0.15, 0.2) is 0 Å². The van der Waals surface area contributed by atoms with Crippen molar-refractivity contribution in [3.05, 3.63) is 29.3 Å². The molecular weight excluding hydrogens is 262 g/mol. The van der Waals surface area contributed by atoms with Crippen molar-refractivity contribution in [3.8, 4) is 5.75 Å². The molecule has 1 aromatic carbocycles. The van der Waals surface area contributed by atoms with Crippen LogP contribution in [0.2, 0.25) is 0 Å². The molecule has 20 heavy (non-hydrogen) atoms. The van der Waals surface area contributed by atoms with E-state index in [1.165, 1.54) is 7.11 Å². The summed E-state index contributed by atoms with van der Waals surface area (Å²) in [6.07, 6.45) is -3.17. The molecule has 6 heteroatoms. The first kappa shape index (κ1) is 13.4. The summed E-state index contributed by atoms with van der Waals surface area (Å²) in [5, 5.41) is 32.4. The van der Waals surface area contributed by atoms with Crippen molar-refractivity contribution >= 4 is 5.91 Å². The lowest BCUT2D eigenvalue weighted by molar-refractivity contribution is -0.104. The number of methoxy groups -OCH3 is 1. The molecule has 1 aliphatic heterocycles. The van der Waals surface area contributed by atoms with Crippen LogP contribution in [0.1, 0.15) is 28.3 Å². The first-order valence-corrected chi connectivity index (χ1v) is 6.56. The molecule has 0 aromatic heterocycles. The molecule has 3 rings (SSSR count). The van der Waals surface area contributed by atoms with E-state index in [9.17, 15) is 20.1 Å². The molecule has 0 bridgehead atoms. The van der Waals surface area contributed by atoms with Crippen LogP contribution in [0.4, 0.5) is 0 Å². The molecule has 1 amide bonds. The second-order valence-corrected chi connectivity index (χ2v) is 5.31. The molecule has 1 aromatic rings. The summed E-state index contributed by atoms with van der Waals surface area (Å²) in [5.74, 6) is -0.110. The van der Waals surface area contributed by atoms with Crippen LogP contribution in [0.25, 0.3) is 0 Å². The Hall–Kier alpha value is -1.63. The largest absolute Gasteiger partial charge is 0.496 e. The molecule has 1 fully saturated rings. The van der Waals surface area contributed by atoms with Gasteiger partial charge >= 0.3 is 0 Å². The van der Waals surface area contributed by atoms with Crippen LogP contribution in [0.15, 0.2) is 18.2 Å². The fraction of sp³-hybridized carbons (Fsp3) is 0.500. The molecule has 6 nitrogen and oxygen atoms in total. The van der Waals surface area contributed by atoms with E-state index in [-0.39, 0.29) is 18.2 Å². The van der Waals surface area contributed by atoms with E-state index in [1.54, 1.807) is 18.2 Å². The molecule has 0 unspecified atom stereocenters. The summed E-state index contributed by atoms with van der Waals surface area (Å²) in [7, 11) is 1.49. The van der Waals surface area contributed by atoms with E-state index in [1.807, 2.05) is 0 Å². The minimum Gasteiger partial charge on any atom is -0.496 e. The predicted molar refractivity (Wildman–Crippen MR) is 69.6 cm³/mol. The molecule has 1 aliphatic carbocycles. The monoisotopic (exact) mass is 279 g/mol. The Morgan fingerprint density at radius 1 is 1.25 bits per heavy atom. The SMILES string of the molecule is COc1cccc2c1C(=O)N[C@H]1[C@H](O)[C@H](O)[C@@H](O)C[C@H]21. The van der Waals surface area contributed by atoms with Crippen LogP contribution >= 0.6 is 0 Å². The van der Waals surface area contributed by atoms with Crippen molar-refractivity contribution in [3.63, 3.8) is 0 Å². The van der Waals surface area contributed by atoms with Gasteiger partial charge in [-0.15, -0.1) is 0 Å². The Morgan fingerprint density at radius 3 is 2.70 bits per heavy atom. The summed E-state index contributed by atoms with van der Waals surface area (Å²) < 4.78 is 5.20. The highest BCUT2D eigenvalue weighted by Gasteiger charge is 2.47. The third-order valence-electron chi connectivity index (χ3n) is 4.24. The van der Waals surface area contributed by atoms with Crippen LogP contribution in [-0.4, -0.2) is 52.7 Å². The minimum atomic E-state index is -1.25. The van der Waals surface area contributed by atoms with Crippen molar-refractivity contribution in [1.82, 2.24) is 5.32 Å². The highest BCUT2D eigenvalue weighted by Crippen LogP contribution is 2.40. The third kappa shape index (κ3) is 1.80. The number of aliphatic hydroxyl groups is 3. The van der Waals surface area contributed by atoms with Gasteiger partial charge in [0.1, 0.15) is 18.0 Å². The van der Waals surface area contributed by atoms with Crippen LogP contribution in [-0.2, 0) is 0 Å². The number of nitrogens with one attached hydrogen (secondary N) is 1. The number of amides is 1. The minimum absolute atomic E-state index is 0.244. The third-order valence-corrected chi connectivity index (χ3v) is 4.24. The molecular formula is C14H17NO5. The number of fused-ring (bicyclic) bond motifs is 3. The topological polar surface area (TPSA) is 99.0 Å². The summed E-state index contributed by atoms with van der Waals surface area (Å²) in [6, 6.07) is 4.67.